The number of amides is 1. The summed E-state index contributed by atoms with van der Waals surface area (Å²) in [6.45, 7) is 6.90. The summed E-state index contributed by atoms with van der Waals surface area (Å²) in [5.41, 5.74) is 6.74. The van der Waals surface area contributed by atoms with Gasteiger partial charge in [-0.2, -0.15) is 0 Å². The molecule has 7 heteroatoms. The number of fused-ring (bicyclic) bond motifs is 2. The Balaban J connectivity index is 1.46. The van der Waals surface area contributed by atoms with Crippen molar-refractivity contribution in [2.24, 2.45) is 0 Å². The molecular weight excluding hydrogens is 446 g/mol. The van der Waals surface area contributed by atoms with Crippen molar-refractivity contribution in [3.8, 4) is 11.3 Å². The first-order chi connectivity index (χ1) is 16.3. The maximum Gasteiger partial charge on any atom is 0.236 e. The number of benzene rings is 1. The van der Waals surface area contributed by atoms with Crippen LogP contribution in [-0.2, 0) is 4.79 Å². The Morgan fingerprint density at radius 3 is 2.71 bits per heavy atom. The molecule has 0 bridgehead atoms. The van der Waals surface area contributed by atoms with Gasteiger partial charge in [-0.25, -0.2) is 4.98 Å². The number of likely N-dealkylation sites (tertiary alicyclic amines) is 1. The number of imidazole rings is 1. The number of nitrogens with one attached hydrogen (secondary N) is 1. The fourth-order valence-electron chi connectivity index (χ4n) is 5.17. The quantitative estimate of drug-likeness (QED) is 0.411. The number of hydrogen-bond donors (Lipinski definition) is 1. The number of carbonyl (C=O) groups excluding carboxylic acids is 1. The standard InChI is InChI=1S/C27H32ClN5O/c1-17(2)26-20-13-19(18-7-10-32(11-8-18)16-25(34)31(3)4)5-6-23(20)30-27(26)21-15-33-12-9-29-24(33)14-22(21)28/h5-6,9,12-15,17-18,30H,7-8,10-11,16H2,1-4H3. The lowest BCUT2D eigenvalue weighted by atomic mass is 9.87. The van der Waals surface area contributed by atoms with Crippen LogP contribution in [0.4, 0.5) is 0 Å². The third-order valence-corrected chi connectivity index (χ3v) is 7.42. The van der Waals surface area contributed by atoms with Gasteiger partial charge >= 0.3 is 0 Å². The van der Waals surface area contributed by atoms with E-state index in [1.165, 1.54) is 16.5 Å². The third-order valence-electron chi connectivity index (χ3n) is 7.11. The number of H-pyrrole nitrogens is 1. The van der Waals surface area contributed by atoms with E-state index in [4.69, 9.17) is 11.6 Å². The Labute approximate surface area is 205 Å². The predicted octanol–water partition coefficient (Wildman–Crippen LogP) is 5.53. The summed E-state index contributed by atoms with van der Waals surface area (Å²) in [6, 6.07) is 8.77. The van der Waals surface area contributed by atoms with Crippen molar-refractivity contribution in [1.29, 1.82) is 0 Å². The molecule has 0 saturated carbocycles. The van der Waals surface area contributed by atoms with Gasteiger partial charge in [0.15, 0.2) is 0 Å². The Bertz CT molecular complexity index is 1340. The van der Waals surface area contributed by atoms with Gasteiger partial charge in [-0.05, 0) is 61.0 Å². The average molecular weight is 478 g/mol. The molecule has 0 radical (unpaired) electrons. The molecule has 1 amide bonds. The smallest absolute Gasteiger partial charge is 0.236 e. The molecule has 3 aromatic heterocycles. The van der Waals surface area contributed by atoms with Gasteiger partial charge in [-0.15, -0.1) is 0 Å². The van der Waals surface area contributed by atoms with Crippen LogP contribution in [0.3, 0.4) is 0 Å². The third kappa shape index (κ3) is 4.21. The second-order valence-electron chi connectivity index (χ2n) is 9.94. The normalized spacial score (nSPS) is 15.6. The molecule has 0 unspecified atom stereocenters. The molecule has 0 aliphatic carbocycles. The molecule has 1 saturated heterocycles. The minimum absolute atomic E-state index is 0.175. The van der Waals surface area contributed by atoms with Crippen molar-refractivity contribution >= 4 is 34.1 Å². The van der Waals surface area contributed by atoms with Crippen molar-refractivity contribution in [3.05, 3.63) is 59.0 Å². The zero-order valence-electron chi connectivity index (χ0n) is 20.3. The second kappa shape index (κ2) is 9.08. The van der Waals surface area contributed by atoms with Gasteiger partial charge < -0.3 is 14.3 Å². The van der Waals surface area contributed by atoms with E-state index in [0.29, 0.717) is 23.4 Å². The van der Waals surface area contributed by atoms with Crippen LogP contribution in [-0.4, -0.2) is 63.8 Å². The molecule has 6 nitrogen and oxygen atoms in total. The number of aromatic amines is 1. The van der Waals surface area contributed by atoms with Gasteiger partial charge in [-0.3, -0.25) is 9.69 Å². The first-order valence-corrected chi connectivity index (χ1v) is 12.4. The Hall–Kier alpha value is -2.83. The van der Waals surface area contributed by atoms with E-state index in [1.807, 2.05) is 30.8 Å². The fourth-order valence-corrected chi connectivity index (χ4v) is 5.42. The topological polar surface area (TPSA) is 56.6 Å². The number of carbonyl (C=O) groups is 1. The molecule has 178 valence electrons. The van der Waals surface area contributed by atoms with E-state index >= 15 is 0 Å². The number of rotatable bonds is 5. The highest BCUT2D eigenvalue weighted by atomic mass is 35.5. The number of piperidine rings is 1. The molecule has 1 fully saturated rings. The van der Waals surface area contributed by atoms with Crippen LogP contribution >= 0.6 is 11.6 Å². The number of hydrogen-bond acceptors (Lipinski definition) is 3. The van der Waals surface area contributed by atoms with Crippen molar-refractivity contribution < 1.29 is 4.79 Å². The molecule has 1 aromatic carbocycles. The van der Waals surface area contributed by atoms with Gasteiger partial charge in [-0.1, -0.05) is 31.5 Å². The SMILES string of the molecule is CC(C)c1c(-c2cn3ccnc3cc2Cl)[nH]c2ccc(C3CCN(CC(=O)N(C)C)CC3)cc12. The highest BCUT2D eigenvalue weighted by Crippen LogP contribution is 2.40. The highest BCUT2D eigenvalue weighted by Gasteiger charge is 2.24. The van der Waals surface area contributed by atoms with Crippen LogP contribution in [0.1, 0.15) is 49.7 Å². The molecule has 5 rings (SSSR count). The molecule has 1 N–H and O–H groups in total. The summed E-state index contributed by atoms with van der Waals surface area (Å²) in [5.74, 6) is 1.03. The predicted molar refractivity (Wildman–Crippen MR) is 139 cm³/mol. The van der Waals surface area contributed by atoms with Gasteiger partial charge in [0.1, 0.15) is 5.65 Å². The average Bonchev–Trinajstić information content (AvgIpc) is 3.42. The lowest BCUT2D eigenvalue weighted by Gasteiger charge is -2.32. The number of aromatic nitrogens is 3. The van der Waals surface area contributed by atoms with E-state index in [0.717, 1.165) is 48.4 Å². The van der Waals surface area contributed by atoms with E-state index < -0.39 is 0 Å². The Morgan fingerprint density at radius 1 is 1.24 bits per heavy atom. The van der Waals surface area contributed by atoms with Gasteiger partial charge in [0.25, 0.3) is 0 Å². The minimum Gasteiger partial charge on any atom is -0.354 e. The maximum absolute atomic E-state index is 12.1. The number of nitrogens with zero attached hydrogens (tertiary/aromatic N) is 4. The molecule has 4 heterocycles. The minimum atomic E-state index is 0.175. The van der Waals surface area contributed by atoms with Crippen LogP contribution in [0.2, 0.25) is 5.02 Å². The molecule has 0 atom stereocenters. The number of likely N-dealkylation sites (N-methyl/N-ethyl adjacent to an activating group) is 1. The van der Waals surface area contributed by atoms with E-state index in [9.17, 15) is 4.79 Å². The molecule has 1 aliphatic rings. The molecule has 1 aliphatic heterocycles. The Morgan fingerprint density at radius 2 is 2.00 bits per heavy atom. The molecule has 34 heavy (non-hydrogen) atoms. The van der Waals surface area contributed by atoms with Crippen LogP contribution in [0.25, 0.3) is 27.8 Å². The molecule has 0 spiro atoms. The number of halogens is 1. The lowest BCUT2D eigenvalue weighted by molar-refractivity contribution is -0.130. The van der Waals surface area contributed by atoms with Gasteiger partial charge in [0, 0.05) is 55.2 Å². The van der Waals surface area contributed by atoms with Gasteiger partial charge in [0.05, 0.1) is 17.3 Å². The van der Waals surface area contributed by atoms with E-state index in [1.54, 1.807) is 11.1 Å². The van der Waals surface area contributed by atoms with Crippen molar-refractivity contribution in [2.45, 2.75) is 38.5 Å². The summed E-state index contributed by atoms with van der Waals surface area (Å²) in [7, 11) is 3.64. The van der Waals surface area contributed by atoms with Crippen LogP contribution in [0.15, 0.2) is 42.9 Å². The largest absolute Gasteiger partial charge is 0.354 e. The van der Waals surface area contributed by atoms with Crippen LogP contribution in [0, 0.1) is 0 Å². The zero-order valence-corrected chi connectivity index (χ0v) is 21.1. The first-order valence-electron chi connectivity index (χ1n) is 12.0. The van der Waals surface area contributed by atoms with Crippen molar-refractivity contribution in [3.63, 3.8) is 0 Å². The molecular formula is C27H32ClN5O. The number of pyridine rings is 1. The van der Waals surface area contributed by atoms with Crippen LogP contribution < -0.4 is 0 Å². The fraction of sp³-hybridized carbons (Fsp3) is 0.407. The van der Waals surface area contributed by atoms with Crippen molar-refractivity contribution in [1.82, 2.24) is 24.2 Å². The van der Waals surface area contributed by atoms with E-state index in [-0.39, 0.29) is 5.91 Å². The highest BCUT2D eigenvalue weighted by molar-refractivity contribution is 6.33. The zero-order chi connectivity index (χ0) is 24.0. The summed E-state index contributed by atoms with van der Waals surface area (Å²) in [4.78, 5) is 24.0. The van der Waals surface area contributed by atoms with Gasteiger partial charge in [0.2, 0.25) is 5.91 Å². The molecule has 4 aromatic rings. The second-order valence-corrected chi connectivity index (χ2v) is 10.3. The monoisotopic (exact) mass is 477 g/mol. The maximum atomic E-state index is 12.1. The van der Waals surface area contributed by atoms with Crippen molar-refractivity contribution in [2.75, 3.05) is 33.7 Å². The lowest BCUT2D eigenvalue weighted by Crippen LogP contribution is -2.40. The van der Waals surface area contributed by atoms with Crippen LogP contribution in [0.5, 0.6) is 0 Å². The summed E-state index contributed by atoms with van der Waals surface area (Å²) in [6.07, 6.45) is 7.95. The Kier molecular flexibility index (Phi) is 6.13. The summed E-state index contributed by atoms with van der Waals surface area (Å²) >= 11 is 6.72. The first kappa shape index (κ1) is 22.9. The van der Waals surface area contributed by atoms with E-state index in [2.05, 4.69) is 53.1 Å². The summed E-state index contributed by atoms with van der Waals surface area (Å²) < 4.78 is 2.01. The summed E-state index contributed by atoms with van der Waals surface area (Å²) in [5, 5.41) is 1.97.